The van der Waals surface area contributed by atoms with Gasteiger partial charge in [0, 0.05) is 23.3 Å². The van der Waals surface area contributed by atoms with Gasteiger partial charge < -0.3 is 5.32 Å². The summed E-state index contributed by atoms with van der Waals surface area (Å²) in [5.41, 5.74) is 6.53. The lowest BCUT2D eigenvalue weighted by molar-refractivity contribution is 0.297. The standard InChI is InChI=1S/C25H28N6O/c1-15-13-31-21(16(2)26-15)9-20(28-31)19-10-23(32)30-14-17(7-8-22(30)27-19)18-11-24(3,4)29-25(5,6)12-18/h7-11,13-14,29H,12H2,1-6H3. The normalized spacial score (nSPS) is 17.6. The van der Waals surface area contributed by atoms with E-state index in [1.54, 1.807) is 15.0 Å². The van der Waals surface area contributed by atoms with Crippen LogP contribution in [0.1, 0.15) is 51.1 Å². The molecule has 0 atom stereocenters. The lowest BCUT2D eigenvalue weighted by Gasteiger charge is -2.41. The van der Waals surface area contributed by atoms with E-state index in [4.69, 9.17) is 4.98 Å². The van der Waals surface area contributed by atoms with Gasteiger partial charge in [0.2, 0.25) is 0 Å². The van der Waals surface area contributed by atoms with Crippen LogP contribution in [0.25, 0.3) is 28.1 Å². The Balaban J connectivity index is 1.60. The number of hydrogen-bond acceptors (Lipinski definition) is 5. The molecule has 164 valence electrons. The third kappa shape index (κ3) is 3.62. The highest BCUT2D eigenvalue weighted by Crippen LogP contribution is 2.33. The number of aromatic nitrogens is 5. The molecule has 5 rings (SSSR count). The van der Waals surface area contributed by atoms with E-state index in [-0.39, 0.29) is 16.6 Å². The molecule has 0 aromatic carbocycles. The number of pyridine rings is 1. The predicted octanol–water partition coefficient (Wildman–Crippen LogP) is 3.95. The summed E-state index contributed by atoms with van der Waals surface area (Å²) in [6, 6.07) is 7.45. The molecule has 32 heavy (non-hydrogen) atoms. The minimum atomic E-state index is -0.122. The molecule has 0 saturated carbocycles. The van der Waals surface area contributed by atoms with Gasteiger partial charge in [0.15, 0.2) is 0 Å². The Hall–Kier alpha value is -3.32. The number of rotatable bonds is 2. The lowest BCUT2D eigenvalue weighted by Crippen LogP contribution is -2.53. The van der Waals surface area contributed by atoms with Crippen molar-refractivity contribution >= 4 is 16.7 Å². The zero-order valence-electron chi connectivity index (χ0n) is 19.4. The lowest BCUT2D eigenvalue weighted by atomic mass is 9.81. The number of nitrogens with zero attached hydrogens (tertiary/aromatic N) is 5. The molecular weight excluding hydrogens is 400 g/mol. The van der Waals surface area contributed by atoms with Gasteiger partial charge in [-0.3, -0.25) is 14.2 Å². The second-order valence-electron chi connectivity index (χ2n) is 10.0. The molecule has 0 amide bonds. The van der Waals surface area contributed by atoms with Gasteiger partial charge in [-0.25, -0.2) is 9.50 Å². The highest BCUT2D eigenvalue weighted by Gasteiger charge is 2.32. The Morgan fingerprint density at radius 1 is 1.00 bits per heavy atom. The van der Waals surface area contributed by atoms with Crippen molar-refractivity contribution in [1.82, 2.24) is 29.3 Å². The van der Waals surface area contributed by atoms with E-state index >= 15 is 0 Å². The fourth-order valence-corrected chi connectivity index (χ4v) is 4.94. The summed E-state index contributed by atoms with van der Waals surface area (Å²) >= 11 is 0. The summed E-state index contributed by atoms with van der Waals surface area (Å²) in [6.45, 7) is 12.6. The monoisotopic (exact) mass is 428 g/mol. The molecule has 5 heterocycles. The molecule has 0 aliphatic carbocycles. The summed E-state index contributed by atoms with van der Waals surface area (Å²) in [5, 5.41) is 8.28. The Kier molecular flexibility index (Phi) is 4.40. The number of hydrogen-bond donors (Lipinski definition) is 1. The van der Waals surface area contributed by atoms with Crippen LogP contribution in [0.2, 0.25) is 0 Å². The van der Waals surface area contributed by atoms with Gasteiger partial charge in [0.05, 0.1) is 28.8 Å². The first-order valence-corrected chi connectivity index (χ1v) is 10.9. The zero-order valence-corrected chi connectivity index (χ0v) is 19.4. The first-order valence-electron chi connectivity index (χ1n) is 10.9. The third-order valence-corrected chi connectivity index (χ3v) is 5.88. The summed E-state index contributed by atoms with van der Waals surface area (Å²) in [5.74, 6) is 0. The van der Waals surface area contributed by atoms with Crippen LogP contribution >= 0.6 is 0 Å². The van der Waals surface area contributed by atoms with Gasteiger partial charge in [-0.1, -0.05) is 6.08 Å². The molecular formula is C25H28N6O. The third-order valence-electron chi connectivity index (χ3n) is 5.88. The van der Waals surface area contributed by atoms with Crippen molar-refractivity contribution in [2.75, 3.05) is 0 Å². The van der Waals surface area contributed by atoms with Crippen LogP contribution in [-0.4, -0.2) is 35.1 Å². The van der Waals surface area contributed by atoms with Crippen LogP contribution in [0.3, 0.4) is 0 Å². The van der Waals surface area contributed by atoms with E-state index in [1.807, 2.05) is 38.4 Å². The zero-order chi connectivity index (χ0) is 22.8. The van der Waals surface area contributed by atoms with E-state index in [2.05, 4.69) is 55.2 Å². The summed E-state index contributed by atoms with van der Waals surface area (Å²) in [6.07, 6.45) is 6.91. The van der Waals surface area contributed by atoms with E-state index in [0.29, 0.717) is 17.0 Å². The van der Waals surface area contributed by atoms with Crippen molar-refractivity contribution in [3.63, 3.8) is 0 Å². The fraction of sp³-hybridized carbons (Fsp3) is 0.360. The van der Waals surface area contributed by atoms with E-state index in [0.717, 1.165) is 28.9 Å². The van der Waals surface area contributed by atoms with Gasteiger partial charge in [0.1, 0.15) is 11.3 Å². The summed E-state index contributed by atoms with van der Waals surface area (Å²) in [4.78, 5) is 22.3. The molecule has 7 nitrogen and oxygen atoms in total. The minimum absolute atomic E-state index is 0.0237. The van der Waals surface area contributed by atoms with Crippen molar-refractivity contribution in [2.24, 2.45) is 0 Å². The van der Waals surface area contributed by atoms with Crippen LogP contribution in [0, 0.1) is 13.8 Å². The Morgan fingerprint density at radius 3 is 2.53 bits per heavy atom. The maximum atomic E-state index is 13.0. The maximum Gasteiger partial charge on any atom is 0.258 e. The fourth-order valence-electron chi connectivity index (χ4n) is 4.94. The Labute approximate surface area is 186 Å². The minimum Gasteiger partial charge on any atom is -0.303 e. The largest absolute Gasteiger partial charge is 0.303 e. The Bertz CT molecular complexity index is 1470. The molecule has 0 radical (unpaired) electrons. The maximum absolute atomic E-state index is 13.0. The predicted molar refractivity (Wildman–Crippen MR) is 127 cm³/mol. The van der Waals surface area contributed by atoms with Gasteiger partial charge >= 0.3 is 0 Å². The average Bonchev–Trinajstić information content (AvgIpc) is 3.09. The van der Waals surface area contributed by atoms with E-state index in [9.17, 15) is 4.79 Å². The number of nitrogens with one attached hydrogen (secondary N) is 1. The first-order chi connectivity index (χ1) is 15.0. The average molecular weight is 429 g/mol. The smallest absolute Gasteiger partial charge is 0.258 e. The van der Waals surface area contributed by atoms with Gasteiger partial charge in [-0.15, -0.1) is 0 Å². The highest BCUT2D eigenvalue weighted by atomic mass is 16.1. The number of aryl methyl sites for hydroxylation is 2. The van der Waals surface area contributed by atoms with Gasteiger partial charge in [0.25, 0.3) is 5.56 Å². The van der Waals surface area contributed by atoms with Crippen LogP contribution < -0.4 is 10.9 Å². The molecule has 0 unspecified atom stereocenters. The van der Waals surface area contributed by atoms with E-state index in [1.165, 1.54) is 5.57 Å². The van der Waals surface area contributed by atoms with Crippen LogP contribution in [0.15, 0.2) is 47.5 Å². The molecule has 0 saturated heterocycles. The molecule has 4 aromatic heterocycles. The van der Waals surface area contributed by atoms with E-state index < -0.39 is 0 Å². The van der Waals surface area contributed by atoms with Gasteiger partial charge in [-0.2, -0.15) is 5.10 Å². The topological polar surface area (TPSA) is 76.6 Å². The molecule has 1 aliphatic rings. The number of fused-ring (bicyclic) bond motifs is 2. The summed E-state index contributed by atoms with van der Waals surface area (Å²) < 4.78 is 3.42. The molecule has 0 fully saturated rings. The molecule has 7 heteroatoms. The SMILES string of the molecule is Cc1cn2nc(-c3cc(=O)n4cc(C5=CC(C)(C)NC(C)(C)C5)ccc4n3)cc2c(C)n1. The molecule has 0 bridgehead atoms. The van der Waals surface area contributed by atoms with Crippen molar-refractivity contribution in [2.45, 2.75) is 59.0 Å². The molecule has 0 spiro atoms. The van der Waals surface area contributed by atoms with Crippen LogP contribution in [0.5, 0.6) is 0 Å². The second kappa shape index (κ2) is 6.84. The highest BCUT2D eigenvalue weighted by molar-refractivity contribution is 5.70. The molecule has 4 aromatic rings. The summed E-state index contributed by atoms with van der Waals surface area (Å²) in [7, 11) is 0. The van der Waals surface area contributed by atoms with Crippen LogP contribution in [0.4, 0.5) is 0 Å². The Morgan fingerprint density at radius 2 is 1.78 bits per heavy atom. The first kappa shape index (κ1) is 20.6. The quantitative estimate of drug-likeness (QED) is 0.523. The second-order valence-corrected chi connectivity index (χ2v) is 10.0. The molecule has 1 aliphatic heterocycles. The van der Waals surface area contributed by atoms with Crippen molar-refractivity contribution < 1.29 is 0 Å². The van der Waals surface area contributed by atoms with Crippen molar-refractivity contribution in [3.05, 3.63) is 70.0 Å². The van der Waals surface area contributed by atoms with Crippen molar-refractivity contribution in [3.8, 4) is 11.4 Å². The van der Waals surface area contributed by atoms with Crippen molar-refractivity contribution in [1.29, 1.82) is 0 Å². The van der Waals surface area contributed by atoms with Gasteiger partial charge in [-0.05, 0) is 77.3 Å². The van der Waals surface area contributed by atoms with Crippen LogP contribution in [-0.2, 0) is 0 Å². The molecule has 1 N–H and O–H groups in total.